The lowest BCUT2D eigenvalue weighted by atomic mass is 9.91. The molecule has 5 N–H and O–H groups in total. The average molecular weight is 893 g/mol. The zero-order valence-corrected chi connectivity index (χ0v) is 39.0. The maximum atomic E-state index is 13.7. The summed E-state index contributed by atoms with van der Waals surface area (Å²) in [6.45, 7) is 9.53. The second kappa shape index (κ2) is 25.9. The number of hydrogen-bond donors (Lipinski definition) is 5. The van der Waals surface area contributed by atoms with E-state index in [1.54, 1.807) is 0 Å². The van der Waals surface area contributed by atoms with E-state index in [-0.39, 0.29) is 23.6 Å². The van der Waals surface area contributed by atoms with Crippen LogP contribution in [0.4, 0.5) is 0 Å². The molecular formula is C53H76N6O6. The van der Waals surface area contributed by atoms with Crippen molar-refractivity contribution in [2.24, 2.45) is 23.7 Å². The van der Waals surface area contributed by atoms with E-state index < -0.39 is 36.1 Å². The zero-order valence-electron chi connectivity index (χ0n) is 39.0. The molecule has 2 aliphatic heterocycles. The number of carbonyl (C=O) groups is 4. The summed E-state index contributed by atoms with van der Waals surface area (Å²) in [5, 5.41) is 30.8. The first kappa shape index (κ1) is 49.8. The molecule has 0 aromatic heterocycles. The molecule has 6 atom stereocenters. The smallest absolute Gasteiger partial charge is 0.246 e. The van der Waals surface area contributed by atoms with Gasteiger partial charge in [-0.15, -0.1) is 0 Å². The topological polar surface area (TPSA) is 155 Å². The van der Waals surface area contributed by atoms with Gasteiger partial charge in [0, 0.05) is 58.9 Å². The number of nitrogens with zero attached hydrogens (tertiary/aromatic N) is 3. The summed E-state index contributed by atoms with van der Waals surface area (Å²) in [6, 6.07) is 28.9. The molecule has 4 fully saturated rings. The van der Waals surface area contributed by atoms with Crippen LogP contribution in [0.5, 0.6) is 0 Å². The average Bonchev–Trinajstić information content (AvgIpc) is 4.26. The Hall–Kier alpha value is -4.62. The second-order valence-electron chi connectivity index (χ2n) is 19.0. The first-order valence-electron chi connectivity index (χ1n) is 24.7. The van der Waals surface area contributed by atoms with Crippen LogP contribution in [0.15, 0.2) is 91.0 Å². The van der Waals surface area contributed by atoms with Crippen LogP contribution in [0.1, 0.15) is 108 Å². The Morgan fingerprint density at radius 1 is 0.615 bits per heavy atom. The monoisotopic (exact) mass is 893 g/mol. The summed E-state index contributed by atoms with van der Waals surface area (Å²) < 4.78 is 0. The first-order chi connectivity index (χ1) is 31.6. The van der Waals surface area contributed by atoms with Gasteiger partial charge in [0.25, 0.3) is 0 Å². The van der Waals surface area contributed by atoms with Gasteiger partial charge in [-0.1, -0.05) is 156 Å². The third-order valence-corrected chi connectivity index (χ3v) is 13.4. The van der Waals surface area contributed by atoms with Crippen molar-refractivity contribution < 1.29 is 29.4 Å². The predicted octanol–water partition coefficient (Wildman–Crippen LogP) is 6.05. The van der Waals surface area contributed by atoms with E-state index in [1.165, 1.54) is 5.56 Å². The molecule has 0 radical (unpaired) electrons. The number of amides is 4. The Balaban J connectivity index is 0.000000221. The number of nitrogens with one attached hydrogen (secondary N) is 3. The number of carbonyl (C=O) groups excluding carboxylic acids is 4. The van der Waals surface area contributed by atoms with Gasteiger partial charge in [-0.05, 0) is 54.2 Å². The summed E-state index contributed by atoms with van der Waals surface area (Å²) in [5.41, 5.74) is 3.34. The maximum absolute atomic E-state index is 13.7. The van der Waals surface area contributed by atoms with Gasteiger partial charge in [-0.3, -0.25) is 24.1 Å². The molecule has 2 saturated carbocycles. The van der Waals surface area contributed by atoms with E-state index in [0.29, 0.717) is 76.9 Å². The van der Waals surface area contributed by atoms with Crippen LogP contribution in [0, 0.1) is 23.7 Å². The van der Waals surface area contributed by atoms with Crippen LogP contribution in [-0.4, -0.2) is 112 Å². The van der Waals surface area contributed by atoms with Crippen molar-refractivity contribution in [3.63, 3.8) is 0 Å². The van der Waals surface area contributed by atoms with Crippen molar-refractivity contribution in [1.82, 2.24) is 30.7 Å². The molecule has 354 valence electrons. The summed E-state index contributed by atoms with van der Waals surface area (Å²) in [7, 11) is 0. The van der Waals surface area contributed by atoms with Gasteiger partial charge in [0.15, 0.2) is 0 Å². The minimum absolute atomic E-state index is 0.0454. The van der Waals surface area contributed by atoms with E-state index in [9.17, 15) is 29.4 Å². The third-order valence-electron chi connectivity index (χ3n) is 13.4. The van der Waals surface area contributed by atoms with Gasteiger partial charge in [0.1, 0.15) is 12.1 Å². The van der Waals surface area contributed by atoms with E-state index in [1.807, 2.05) is 88.7 Å². The Bertz CT molecular complexity index is 1900. The molecule has 4 aliphatic rings. The zero-order chi connectivity index (χ0) is 46.0. The summed E-state index contributed by atoms with van der Waals surface area (Å²) in [4.78, 5) is 59.3. The van der Waals surface area contributed by atoms with E-state index >= 15 is 0 Å². The number of benzene rings is 3. The molecule has 0 spiro atoms. The van der Waals surface area contributed by atoms with Crippen molar-refractivity contribution in [3.8, 4) is 0 Å². The Kier molecular flexibility index (Phi) is 19.9. The number of unbranched alkanes of at least 4 members (excludes halogenated alkanes) is 2. The van der Waals surface area contributed by atoms with Gasteiger partial charge in [0.05, 0.1) is 24.0 Å². The van der Waals surface area contributed by atoms with E-state index in [4.69, 9.17) is 0 Å². The first-order valence-corrected chi connectivity index (χ1v) is 24.7. The van der Waals surface area contributed by atoms with Crippen LogP contribution >= 0.6 is 0 Å². The fraction of sp³-hybridized carbons (Fsp3) is 0.585. The molecule has 12 heteroatoms. The van der Waals surface area contributed by atoms with Crippen LogP contribution < -0.4 is 16.0 Å². The molecule has 3 aromatic rings. The summed E-state index contributed by atoms with van der Waals surface area (Å²) in [5.74, 6) is -0.271. The minimum Gasteiger partial charge on any atom is -0.392 e. The number of aliphatic hydroxyl groups excluding tert-OH is 2. The van der Waals surface area contributed by atoms with Crippen LogP contribution in [0.2, 0.25) is 0 Å². The minimum atomic E-state index is -0.660. The molecule has 65 heavy (non-hydrogen) atoms. The standard InChI is InChI=1S/C30H41N3O3.C23H35N3O3/c1-2-3-14-28(34)26(19-23-15-16-23)29(35)31-27-22-32(20-24-10-6-4-7-11-24)17-18-33(30(27)36)21-25-12-8-5-9-13-25;1-2-3-9-21(27)19(14-17-10-11-17)22(28)25-20-15-24-12-13-26(23(20)29)16-18-7-5-4-6-8-18/h4-13,23,26-28,34H,2-3,14-22H2,1H3,(H,31,35);4-8,17,19-21,24,27H,2-3,9-16H2,1H3,(H,25,28)/t26-,27?,28+;19-,20?,21+/m11/s1. The SMILES string of the molecule is CCCC[C@H](O)[C@@H](CC1CC1)C(=O)NC1CN(Cc2ccccc2)CCN(Cc2ccccc2)C1=O.CCCC[C@H](O)[C@@H](CC1CC1)C(=O)NC1CNCCN(Cc2ccccc2)C1=O. The number of rotatable bonds is 22. The molecule has 3 aromatic carbocycles. The highest BCUT2D eigenvalue weighted by Gasteiger charge is 2.39. The van der Waals surface area contributed by atoms with Crippen LogP contribution in [-0.2, 0) is 38.8 Å². The Labute approximate surface area is 387 Å². The predicted molar refractivity (Wildman–Crippen MR) is 255 cm³/mol. The quantitative estimate of drug-likeness (QED) is 0.0818. The fourth-order valence-electron chi connectivity index (χ4n) is 9.12. The highest BCUT2D eigenvalue weighted by molar-refractivity contribution is 5.90. The van der Waals surface area contributed by atoms with Crippen LogP contribution in [0.25, 0.3) is 0 Å². The molecule has 2 aliphatic carbocycles. The van der Waals surface area contributed by atoms with Crippen LogP contribution in [0.3, 0.4) is 0 Å². The van der Waals surface area contributed by atoms with Gasteiger partial charge >= 0.3 is 0 Å². The van der Waals surface area contributed by atoms with Gasteiger partial charge in [-0.25, -0.2) is 0 Å². The molecule has 2 heterocycles. The number of aliphatic hydroxyl groups is 2. The molecule has 2 saturated heterocycles. The summed E-state index contributed by atoms with van der Waals surface area (Å²) >= 11 is 0. The van der Waals surface area contributed by atoms with E-state index in [0.717, 1.165) is 82.0 Å². The van der Waals surface area contributed by atoms with Crippen molar-refractivity contribution >= 4 is 23.6 Å². The Morgan fingerprint density at radius 2 is 1.05 bits per heavy atom. The Morgan fingerprint density at radius 3 is 1.51 bits per heavy atom. The molecule has 12 nitrogen and oxygen atoms in total. The lowest BCUT2D eigenvalue weighted by Gasteiger charge is -2.28. The fourth-order valence-corrected chi connectivity index (χ4v) is 9.12. The van der Waals surface area contributed by atoms with Gasteiger partial charge < -0.3 is 36.0 Å². The normalized spacial score (nSPS) is 21.2. The number of hydrogen-bond acceptors (Lipinski definition) is 8. The van der Waals surface area contributed by atoms with E-state index in [2.05, 4.69) is 46.8 Å². The molecule has 2 unspecified atom stereocenters. The van der Waals surface area contributed by atoms with Crippen molar-refractivity contribution in [1.29, 1.82) is 0 Å². The second-order valence-corrected chi connectivity index (χ2v) is 19.0. The van der Waals surface area contributed by atoms with Crippen molar-refractivity contribution in [3.05, 3.63) is 108 Å². The van der Waals surface area contributed by atoms with Crippen molar-refractivity contribution in [2.75, 3.05) is 39.3 Å². The lowest BCUT2D eigenvalue weighted by molar-refractivity contribution is -0.138. The van der Waals surface area contributed by atoms with Gasteiger partial charge in [0.2, 0.25) is 23.6 Å². The molecule has 4 amide bonds. The molecular weight excluding hydrogens is 817 g/mol. The molecule has 7 rings (SSSR count). The maximum Gasteiger partial charge on any atom is 0.246 e. The van der Waals surface area contributed by atoms with Gasteiger partial charge in [-0.2, -0.15) is 0 Å². The largest absolute Gasteiger partial charge is 0.392 e. The lowest BCUT2D eigenvalue weighted by Crippen LogP contribution is -2.53. The summed E-state index contributed by atoms with van der Waals surface area (Å²) in [6.07, 6.45) is 9.71. The highest BCUT2D eigenvalue weighted by atomic mass is 16.3. The third kappa shape index (κ3) is 16.3. The highest BCUT2D eigenvalue weighted by Crippen LogP contribution is 2.38. The molecule has 0 bridgehead atoms. The van der Waals surface area contributed by atoms with Crippen molar-refractivity contribution in [2.45, 2.75) is 135 Å².